The van der Waals surface area contributed by atoms with Gasteiger partial charge in [-0.1, -0.05) is 0 Å². The number of halogens is 1. The second-order valence-electron chi connectivity index (χ2n) is 5.03. The Morgan fingerprint density at radius 3 is 1.79 bits per heavy atom. The summed E-state index contributed by atoms with van der Waals surface area (Å²) in [7, 11) is 3.93. The van der Waals surface area contributed by atoms with E-state index in [-0.39, 0.29) is 24.0 Å². The van der Waals surface area contributed by atoms with Gasteiger partial charge in [0.2, 0.25) is 0 Å². The first-order valence-corrected chi connectivity index (χ1v) is 6.82. The van der Waals surface area contributed by atoms with Gasteiger partial charge in [-0.2, -0.15) is 0 Å². The molecule has 1 aliphatic rings. The normalized spacial score (nSPS) is 17.4. The zero-order chi connectivity index (χ0) is 13.1. The second-order valence-corrected chi connectivity index (χ2v) is 5.03. The first kappa shape index (κ1) is 19.5. The lowest BCUT2D eigenvalue weighted by molar-refractivity contribution is -0.916. The molecule has 6 heteroatoms. The van der Waals surface area contributed by atoms with Gasteiger partial charge in [0.05, 0.1) is 59.8 Å². The number of ether oxygens (including phenoxy) is 4. The van der Waals surface area contributed by atoms with Crippen molar-refractivity contribution in [3.63, 3.8) is 0 Å². The maximum Gasteiger partial charge on any atom is 0.183 e. The van der Waals surface area contributed by atoms with Crippen LogP contribution in [-0.2, 0) is 18.9 Å². The van der Waals surface area contributed by atoms with Crippen molar-refractivity contribution >= 4 is 0 Å². The Bertz CT molecular complexity index is 201. The van der Waals surface area contributed by atoms with E-state index in [0.717, 1.165) is 11.2 Å². The molecule has 0 bridgehead atoms. The SMILES string of the molecule is COCCOCCOCCOC[N+]1(C)CCCC1.[I-]. The molecule has 0 unspecified atom stereocenters. The number of rotatable bonds is 11. The first-order valence-electron chi connectivity index (χ1n) is 6.82. The van der Waals surface area contributed by atoms with E-state index in [1.54, 1.807) is 7.11 Å². The minimum Gasteiger partial charge on any atom is -1.00 e. The fourth-order valence-electron chi connectivity index (χ4n) is 2.09. The van der Waals surface area contributed by atoms with Crippen molar-refractivity contribution in [3.05, 3.63) is 0 Å². The van der Waals surface area contributed by atoms with E-state index in [4.69, 9.17) is 18.9 Å². The zero-order valence-electron chi connectivity index (χ0n) is 12.2. The molecule has 1 saturated heterocycles. The topological polar surface area (TPSA) is 36.9 Å². The molecule has 0 N–H and O–H groups in total. The van der Waals surface area contributed by atoms with Crippen LogP contribution in [0.1, 0.15) is 12.8 Å². The van der Waals surface area contributed by atoms with Gasteiger partial charge in [-0.25, -0.2) is 0 Å². The third kappa shape index (κ3) is 9.97. The van der Waals surface area contributed by atoms with Crippen LogP contribution in [-0.4, -0.2) is 78.1 Å². The van der Waals surface area contributed by atoms with E-state index in [1.807, 2.05) is 0 Å². The summed E-state index contributed by atoms with van der Waals surface area (Å²) in [4.78, 5) is 0. The molecular weight excluding hydrogens is 361 g/mol. The molecule has 0 amide bonds. The molecule has 116 valence electrons. The first-order chi connectivity index (χ1) is 8.77. The van der Waals surface area contributed by atoms with Crippen LogP contribution in [0.4, 0.5) is 0 Å². The van der Waals surface area contributed by atoms with E-state index in [0.29, 0.717) is 39.6 Å². The highest BCUT2D eigenvalue weighted by Gasteiger charge is 2.26. The van der Waals surface area contributed by atoms with E-state index in [1.165, 1.54) is 25.9 Å². The van der Waals surface area contributed by atoms with Crippen molar-refractivity contribution in [2.24, 2.45) is 0 Å². The van der Waals surface area contributed by atoms with Gasteiger partial charge in [0.15, 0.2) is 6.73 Å². The van der Waals surface area contributed by atoms with Gasteiger partial charge in [-0.15, -0.1) is 0 Å². The number of hydrogen-bond donors (Lipinski definition) is 0. The summed E-state index contributed by atoms with van der Waals surface area (Å²) in [6.45, 7) is 7.14. The van der Waals surface area contributed by atoms with Crippen LogP contribution in [0.2, 0.25) is 0 Å². The largest absolute Gasteiger partial charge is 1.00 e. The lowest BCUT2D eigenvalue weighted by Crippen LogP contribution is -3.00. The molecule has 0 saturated carbocycles. The molecule has 0 atom stereocenters. The lowest BCUT2D eigenvalue weighted by atomic mass is 10.4. The number of methoxy groups -OCH3 is 1. The predicted molar refractivity (Wildman–Crippen MR) is 69.5 cm³/mol. The van der Waals surface area contributed by atoms with E-state index in [9.17, 15) is 0 Å². The Morgan fingerprint density at radius 2 is 1.26 bits per heavy atom. The van der Waals surface area contributed by atoms with Crippen LogP contribution in [0.3, 0.4) is 0 Å². The predicted octanol–water partition coefficient (Wildman–Crippen LogP) is -2.12. The fraction of sp³-hybridized carbons (Fsp3) is 1.00. The summed E-state index contributed by atoms with van der Waals surface area (Å²) in [6, 6.07) is 0. The molecule has 5 nitrogen and oxygen atoms in total. The van der Waals surface area contributed by atoms with Crippen molar-refractivity contribution in [1.82, 2.24) is 0 Å². The Balaban J connectivity index is 0.00000324. The van der Waals surface area contributed by atoms with Gasteiger partial charge >= 0.3 is 0 Å². The molecule has 0 radical (unpaired) electrons. The molecule has 1 rings (SSSR count). The molecular formula is C13H28INO4. The molecule has 0 spiro atoms. The van der Waals surface area contributed by atoms with Crippen molar-refractivity contribution in [3.8, 4) is 0 Å². The van der Waals surface area contributed by atoms with Crippen molar-refractivity contribution in [1.29, 1.82) is 0 Å². The zero-order valence-corrected chi connectivity index (χ0v) is 14.4. The highest BCUT2D eigenvalue weighted by Crippen LogP contribution is 2.15. The number of quaternary nitrogens is 1. The van der Waals surface area contributed by atoms with E-state index >= 15 is 0 Å². The Hall–Kier alpha value is 0.530. The monoisotopic (exact) mass is 389 g/mol. The minimum absolute atomic E-state index is 0. The molecule has 0 aromatic carbocycles. The number of hydrogen-bond acceptors (Lipinski definition) is 4. The van der Waals surface area contributed by atoms with Crippen LogP contribution < -0.4 is 24.0 Å². The average Bonchev–Trinajstić information content (AvgIpc) is 2.79. The van der Waals surface area contributed by atoms with Crippen molar-refractivity contribution in [2.45, 2.75) is 12.8 Å². The van der Waals surface area contributed by atoms with Crippen LogP contribution in [0.15, 0.2) is 0 Å². The molecule has 0 aromatic rings. The Morgan fingerprint density at radius 1 is 0.789 bits per heavy atom. The summed E-state index contributed by atoms with van der Waals surface area (Å²) >= 11 is 0. The summed E-state index contributed by atoms with van der Waals surface area (Å²) in [6.07, 6.45) is 2.66. The fourth-order valence-corrected chi connectivity index (χ4v) is 2.09. The minimum atomic E-state index is 0. The van der Waals surface area contributed by atoms with Crippen LogP contribution in [0.5, 0.6) is 0 Å². The van der Waals surface area contributed by atoms with Gasteiger partial charge < -0.3 is 47.4 Å². The van der Waals surface area contributed by atoms with Crippen LogP contribution in [0.25, 0.3) is 0 Å². The lowest BCUT2D eigenvalue weighted by Gasteiger charge is -2.28. The summed E-state index contributed by atoms with van der Waals surface area (Å²) < 4.78 is 22.3. The summed E-state index contributed by atoms with van der Waals surface area (Å²) in [5.41, 5.74) is 0. The molecule has 0 aromatic heterocycles. The quantitative estimate of drug-likeness (QED) is 0.230. The van der Waals surface area contributed by atoms with Gasteiger partial charge in [0, 0.05) is 20.0 Å². The van der Waals surface area contributed by atoms with Crippen molar-refractivity contribution in [2.75, 3.05) is 73.6 Å². The molecule has 1 fully saturated rings. The third-order valence-corrected chi connectivity index (χ3v) is 3.22. The van der Waals surface area contributed by atoms with Gasteiger partial charge in [0.25, 0.3) is 0 Å². The highest BCUT2D eigenvalue weighted by molar-refractivity contribution is 4.48. The van der Waals surface area contributed by atoms with Gasteiger partial charge in [0.1, 0.15) is 0 Å². The standard InChI is InChI=1S/C13H28NO4.HI/c1-14(5-3-4-6-14)13-18-12-11-17-10-9-16-8-7-15-2;/h3-13H2,1-2H3;1H/q+1;/p-1. The third-order valence-electron chi connectivity index (χ3n) is 3.22. The van der Waals surface area contributed by atoms with Gasteiger partial charge in [-0.3, -0.25) is 0 Å². The highest BCUT2D eigenvalue weighted by atomic mass is 127. The van der Waals surface area contributed by atoms with Crippen molar-refractivity contribution < 1.29 is 47.4 Å². The van der Waals surface area contributed by atoms with E-state index < -0.39 is 0 Å². The number of likely N-dealkylation sites (tertiary alicyclic amines) is 1. The maximum atomic E-state index is 5.65. The molecule has 1 aliphatic heterocycles. The second kappa shape index (κ2) is 12.3. The average molecular weight is 389 g/mol. The van der Waals surface area contributed by atoms with Crippen LogP contribution >= 0.6 is 0 Å². The summed E-state index contributed by atoms with van der Waals surface area (Å²) in [5.74, 6) is 0. The molecule has 0 aliphatic carbocycles. The Labute approximate surface area is 134 Å². The molecule has 1 heterocycles. The smallest absolute Gasteiger partial charge is 0.183 e. The number of nitrogens with zero attached hydrogens (tertiary/aromatic N) is 1. The van der Waals surface area contributed by atoms with Gasteiger partial charge in [-0.05, 0) is 0 Å². The Kier molecular flexibility index (Phi) is 12.6. The molecule has 19 heavy (non-hydrogen) atoms. The van der Waals surface area contributed by atoms with E-state index in [2.05, 4.69) is 7.05 Å². The maximum absolute atomic E-state index is 5.65. The van der Waals surface area contributed by atoms with Crippen LogP contribution in [0, 0.1) is 0 Å². The summed E-state index contributed by atoms with van der Waals surface area (Å²) in [5, 5.41) is 0.